The molecule has 0 bridgehead atoms. The molecule has 4 N–H and O–H groups in total. The molecular weight excluding hydrogens is 500 g/mol. The number of rotatable bonds is 6. The lowest BCUT2D eigenvalue weighted by molar-refractivity contribution is 0.0676. The van der Waals surface area contributed by atoms with Gasteiger partial charge in [0.1, 0.15) is 0 Å². The molecule has 8 nitrogen and oxygen atoms in total. The number of carboxylic acids is 4. The maximum atomic E-state index is 11.6. The normalized spacial score (nSPS) is 12.9. The van der Waals surface area contributed by atoms with Gasteiger partial charge in [-0.3, -0.25) is 0 Å². The summed E-state index contributed by atoms with van der Waals surface area (Å²) in [5.41, 5.74) is 5.09. The topological polar surface area (TPSA) is 149 Å². The standard InChI is InChI=1S/C31H22O8/c1-31(2)25-13-15(17-7-19(27(32)33)11-20(8-17)28(34)35)3-5-23(25)24-6-4-16(14-26(24)31)18-9-21(29(36)37)12-22(10-18)30(38)39/h3-14H,1-2H3,(H,32,33)(H,34,35)(H,36,37)(H,38,39). The smallest absolute Gasteiger partial charge is 0.335 e. The summed E-state index contributed by atoms with van der Waals surface area (Å²) in [6.45, 7) is 4.05. The molecule has 0 radical (unpaired) electrons. The van der Waals surface area contributed by atoms with E-state index in [1.54, 1.807) is 0 Å². The molecule has 4 aromatic carbocycles. The number of carboxylic acid groups (broad SMARTS) is 4. The lowest BCUT2D eigenvalue weighted by atomic mass is 9.80. The molecule has 1 aliphatic carbocycles. The van der Waals surface area contributed by atoms with Crippen molar-refractivity contribution in [3.8, 4) is 33.4 Å². The van der Waals surface area contributed by atoms with Crippen molar-refractivity contribution in [1.82, 2.24) is 0 Å². The van der Waals surface area contributed by atoms with E-state index in [0.717, 1.165) is 34.4 Å². The molecule has 5 rings (SSSR count). The van der Waals surface area contributed by atoms with Gasteiger partial charge in [-0.1, -0.05) is 38.1 Å². The van der Waals surface area contributed by atoms with Crippen molar-refractivity contribution in [3.05, 3.63) is 106 Å². The lowest BCUT2D eigenvalue weighted by Crippen LogP contribution is -2.15. The Hall–Kier alpha value is -5.24. The number of carbonyl (C=O) groups is 4. The summed E-state index contributed by atoms with van der Waals surface area (Å²) in [5.74, 6) is -4.89. The Morgan fingerprint density at radius 2 is 0.769 bits per heavy atom. The van der Waals surface area contributed by atoms with Crippen LogP contribution in [-0.4, -0.2) is 44.3 Å². The van der Waals surface area contributed by atoms with E-state index in [1.165, 1.54) is 24.3 Å². The van der Waals surface area contributed by atoms with Crippen molar-refractivity contribution in [1.29, 1.82) is 0 Å². The highest BCUT2D eigenvalue weighted by Gasteiger charge is 2.36. The Labute approximate surface area is 222 Å². The second-order valence-electron chi connectivity index (χ2n) is 9.96. The minimum Gasteiger partial charge on any atom is -0.478 e. The van der Waals surface area contributed by atoms with Gasteiger partial charge < -0.3 is 20.4 Å². The Morgan fingerprint density at radius 1 is 0.462 bits per heavy atom. The Morgan fingerprint density at radius 3 is 1.05 bits per heavy atom. The zero-order valence-corrected chi connectivity index (χ0v) is 20.9. The average Bonchev–Trinajstić information content (AvgIpc) is 3.13. The summed E-state index contributed by atoms with van der Waals surface area (Å²) in [4.78, 5) is 46.4. The molecule has 194 valence electrons. The molecule has 0 heterocycles. The van der Waals surface area contributed by atoms with Crippen molar-refractivity contribution >= 4 is 23.9 Å². The number of hydrogen-bond donors (Lipinski definition) is 4. The SMILES string of the molecule is CC1(C)c2cc(-c3cc(C(=O)O)cc(C(=O)O)c3)ccc2-c2ccc(-c3cc(C(=O)O)cc(C(=O)O)c3)cc21. The predicted octanol–water partition coefficient (Wildman–Crippen LogP) is 6.12. The predicted molar refractivity (Wildman–Crippen MR) is 143 cm³/mol. The van der Waals surface area contributed by atoms with Gasteiger partial charge in [-0.05, 0) is 93.0 Å². The van der Waals surface area contributed by atoms with E-state index in [9.17, 15) is 39.6 Å². The van der Waals surface area contributed by atoms with Crippen molar-refractivity contribution in [3.63, 3.8) is 0 Å². The van der Waals surface area contributed by atoms with Crippen LogP contribution in [0.3, 0.4) is 0 Å². The quantitative estimate of drug-likeness (QED) is 0.237. The van der Waals surface area contributed by atoms with E-state index in [2.05, 4.69) is 0 Å². The number of fused-ring (bicyclic) bond motifs is 3. The van der Waals surface area contributed by atoms with Gasteiger partial charge in [0.25, 0.3) is 0 Å². The highest BCUT2D eigenvalue weighted by atomic mass is 16.4. The Bertz CT molecular complexity index is 1550. The van der Waals surface area contributed by atoms with Gasteiger partial charge in [0.15, 0.2) is 0 Å². The van der Waals surface area contributed by atoms with E-state index >= 15 is 0 Å². The van der Waals surface area contributed by atoms with Crippen LogP contribution >= 0.6 is 0 Å². The van der Waals surface area contributed by atoms with Crippen molar-refractivity contribution < 1.29 is 39.6 Å². The Balaban J connectivity index is 1.62. The summed E-state index contributed by atoms with van der Waals surface area (Å²) in [7, 11) is 0. The van der Waals surface area contributed by atoms with Crippen molar-refractivity contribution in [2.75, 3.05) is 0 Å². The van der Waals surface area contributed by atoms with Gasteiger partial charge in [0, 0.05) is 5.41 Å². The first-order valence-corrected chi connectivity index (χ1v) is 11.9. The van der Waals surface area contributed by atoms with Crippen molar-refractivity contribution in [2.24, 2.45) is 0 Å². The number of benzene rings is 4. The van der Waals surface area contributed by atoms with Crippen LogP contribution in [-0.2, 0) is 5.41 Å². The molecule has 0 aliphatic heterocycles. The lowest BCUT2D eigenvalue weighted by Gasteiger charge is -2.23. The number of hydrogen-bond acceptors (Lipinski definition) is 4. The van der Waals surface area contributed by atoms with E-state index in [-0.39, 0.29) is 22.3 Å². The van der Waals surface area contributed by atoms with Crippen LogP contribution in [0.5, 0.6) is 0 Å². The fraction of sp³-hybridized carbons (Fsp3) is 0.0968. The van der Waals surface area contributed by atoms with Crippen LogP contribution in [0, 0.1) is 0 Å². The molecule has 0 unspecified atom stereocenters. The summed E-state index contributed by atoms with van der Waals surface area (Å²) >= 11 is 0. The molecular formula is C31H22O8. The average molecular weight is 523 g/mol. The van der Waals surface area contributed by atoms with Gasteiger partial charge in [0.2, 0.25) is 0 Å². The van der Waals surface area contributed by atoms with Crippen LogP contribution < -0.4 is 0 Å². The molecule has 0 saturated heterocycles. The van der Waals surface area contributed by atoms with E-state index in [0.29, 0.717) is 22.3 Å². The van der Waals surface area contributed by atoms with E-state index < -0.39 is 29.3 Å². The van der Waals surface area contributed by atoms with Crippen LogP contribution in [0.25, 0.3) is 33.4 Å². The molecule has 0 fully saturated rings. The summed E-state index contributed by atoms with van der Waals surface area (Å²) in [5, 5.41) is 37.9. The molecule has 0 saturated carbocycles. The van der Waals surface area contributed by atoms with E-state index in [4.69, 9.17) is 0 Å². The van der Waals surface area contributed by atoms with Crippen LogP contribution in [0.4, 0.5) is 0 Å². The minimum absolute atomic E-state index is 0.123. The second-order valence-corrected chi connectivity index (χ2v) is 9.96. The van der Waals surface area contributed by atoms with Gasteiger partial charge in [0.05, 0.1) is 22.3 Å². The highest BCUT2D eigenvalue weighted by molar-refractivity contribution is 5.98. The largest absolute Gasteiger partial charge is 0.478 e. The van der Waals surface area contributed by atoms with Crippen LogP contribution in [0.15, 0.2) is 72.8 Å². The van der Waals surface area contributed by atoms with Crippen molar-refractivity contribution in [2.45, 2.75) is 19.3 Å². The molecule has 1 aliphatic rings. The van der Waals surface area contributed by atoms with E-state index in [1.807, 2.05) is 50.2 Å². The van der Waals surface area contributed by atoms with Gasteiger partial charge in [-0.2, -0.15) is 0 Å². The maximum Gasteiger partial charge on any atom is 0.335 e. The molecule has 4 aromatic rings. The first-order chi connectivity index (χ1) is 18.4. The summed E-state index contributed by atoms with van der Waals surface area (Å²) in [6.07, 6.45) is 0. The molecule has 39 heavy (non-hydrogen) atoms. The third kappa shape index (κ3) is 4.31. The molecule has 0 spiro atoms. The first kappa shape index (κ1) is 25.4. The highest BCUT2D eigenvalue weighted by Crippen LogP contribution is 2.50. The fourth-order valence-corrected chi connectivity index (χ4v) is 5.18. The van der Waals surface area contributed by atoms with Crippen LogP contribution in [0.2, 0.25) is 0 Å². The fourth-order valence-electron chi connectivity index (χ4n) is 5.18. The van der Waals surface area contributed by atoms with Gasteiger partial charge in [-0.25, -0.2) is 19.2 Å². The first-order valence-electron chi connectivity index (χ1n) is 11.9. The monoisotopic (exact) mass is 522 g/mol. The molecule has 0 aromatic heterocycles. The molecule has 0 atom stereocenters. The zero-order chi connectivity index (χ0) is 28.2. The second kappa shape index (κ2) is 8.95. The zero-order valence-electron chi connectivity index (χ0n) is 20.9. The molecule has 0 amide bonds. The molecule has 8 heteroatoms. The minimum atomic E-state index is -1.22. The number of aromatic carboxylic acids is 4. The summed E-state index contributed by atoms with van der Waals surface area (Å²) < 4.78 is 0. The van der Waals surface area contributed by atoms with Gasteiger partial charge >= 0.3 is 23.9 Å². The third-order valence-electron chi connectivity index (χ3n) is 7.20. The third-order valence-corrected chi connectivity index (χ3v) is 7.20. The maximum absolute atomic E-state index is 11.6. The van der Waals surface area contributed by atoms with Gasteiger partial charge in [-0.15, -0.1) is 0 Å². The summed E-state index contributed by atoms with van der Waals surface area (Å²) in [6, 6.07) is 19.3. The van der Waals surface area contributed by atoms with Crippen LogP contribution in [0.1, 0.15) is 66.4 Å². The Kier molecular flexibility index (Phi) is 5.83.